The number of piperidine rings is 1. The maximum absolute atomic E-state index is 12.8. The molecule has 1 N–H and O–H groups in total. The van der Waals surface area contributed by atoms with Gasteiger partial charge in [-0.05, 0) is 61.7 Å². The van der Waals surface area contributed by atoms with Crippen molar-refractivity contribution in [1.29, 1.82) is 0 Å². The Hall–Kier alpha value is -2.25. The van der Waals surface area contributed by atoms with Crippen LogP contribution >= 0.6 is 0 Å². The number of methoxy groups -OCH3 is 2. The van der Waals surface area contributed by atoms with Gasteiger partial charge in [-0.1, -0.05) is 19.1 Å². The van der Waals surface area contributed by atoms with Crippen LogP contribution in [-0.2, 0) is 16.6 Å². The molecule has 0 bridgehead atoms. The van der Waals surface area contributed by atoms with E-state index in [9.17, 15) is 8.42 Å². The van der Waals surface area contributed by atoms with Crippen molar-refractivity contribution >= 4 is 15.7 Å². The molecule has 0 aromatic heterocycles. The van der Waals surface area contributed by atoms with E-state index in [1.54, 1.807) is 24.3 Å². The fourth-order valence-electron chi connectivity index (χ4n) is 3.36. The first-order chi connectivity index (χ1) is 13.4. The standard InChI is InChI=1S/C21H28N2O4S/c1-16-10-12-23(13-11-16)15-17-4-6-18(7-5-17)22-28(24,25)21-14-19(26-2)8-9-20(21)27-3/h4-9,14,16,22H,10-13,15H2,1-3H3. The molecule has 1 aliphatic rings. The minimum Gasteiger partial charge on any atom is -0.497 e. The highest BCUT2D eigenvalue weighted by Gasteiger charge is 2.21. The summed E-state index contributed by atoms with van der Waals surface area (Å²) in [4.78, 5) is 2.49. The van der Waals surface area contributed by atoms with Gasteiger partial charge in [0.05, 0.1) is 14.2 Å². The van der Waals surface area contributed by atoms with E-state index >= 15 is 0 Å². The van der Waals surface area contributed by atoms with Crippen LogP contribution in [0.2, 0.25) is 0 Å². The minimum absolute atomic E-state index is 0.0425. The van der Waals surface area contributed by atoms with Crippen LogP contribution in [0, 0.1) is 5.92 Å². The van der Waals surface area contributed by atoms with E-state index in [0.29, 0.717) is 11.4 Å². The summed E-state index contributed by atoms with van der Waals surface area (Å²) in [6.45, 7) is 5.43. The zero-order chi connectivity index (χ0) is 20.1. The van der Waals surface area contributed by atoms with Crippen LogP contribution in [0.3, 0.4) is 0 Å². The van der Waals surface area contributed by atoms with Gasteiger partial charge in [0.1, 0.15) is 16.4 Å². The van der Waals surface area contributed by atoms with Gasteiger partial charge in [0.2, 0.25) is 0 Å². The predicted molar refractivity (Wildman–Crippen MR) is 110 cm³/mol. The number of ether oxygens (including phenoxy) is 2. The third kappa shape index (κ3) is 4.97. The molecular weight excluding hydrogens is 376 g/mol. The first-order valence-electron chi connectivity index (χ1n) is 9.47. The van der Waals surface area contributed by atoms with Crippen molar-refractivity contribution in [2.24, 2.45) is 5.92 Å². The van der Waals surface area contributed by atoms with Gasteiger partial charge in [-0.2, -0.15) is 0 Å². The number of rotatable bonds is 7. The van der Waals surface area contributed by atoms with Crippen molar-refractivity contribution in [3.63, 3.8) is 0 Å². The number of hydrogen-bond donors (Lipinski definition) is 1. The van der Waals surface area contributed by atoms with Crippen LogP contribution in [0.1, 0.15) is 25.3 Å². The molecular formula is C21H28N2O4S. The maximum Gasteiger partial charge on any atom is 0.265 e. The molecule has 0 unspecified atom stereocenters. The molecule has 0 radical (unpaired) electrons. The fourth-order valence-corrected chi connectivity index (χ4v) is 4.60. The molecule has 1 aliphatic heterocycles. The molecule has 1 heterocycles. The summed E-state index contributed by atoms with van der Waals surface area (Å²) in [6.07, 6.45) is 2.47. The Morgan fingerprint density at radius 1 is 1.04 bits per heavy atom. The number of likely N-dealkylation sites (tertiary alicyclic amines) is 1. The second-order valence-electron chi connectivity index (χ2n) is 7.28. The largest absolute Gasteiger partial charge is 0.497 e. The van der Waals surface area contributed by atoms with Crippen LogP contribution in [0.15, 0.2) is 47.4 Å². The maximum atomic E-state index is 12.8. The summed E-state index contributed by atoms with van der Waals surface area (Å²) >= 11 is 0. The van der Waals surface area contributed by atoms with Crippen molar-refractivity contribution in [2.75, 3.05) is 32.0 Å². The van der Waals surface area contributed by atoms with Crippen molar-refractivity contribution in [3.8, 4) is 11.5 Å². The molecule has 152 valence electrons. The molecule has 6 nitrogen and oxygen atoms in total. The van der Waals surface area contributed by atoms with Gasteiger partial charge in [0.25, 0.3) is 10.0 Å². The average molecular weight is 405 g/mol. The Morgan fingerprint density at radius 2 is 1.71 bits per heavy atom. The zero-order valence-corrected chi connectivity index (χ0v) is 17.5. The lowest BCUT2D eigenvalue weighted by atomic mass is 9.99. The third-order valence-corrected chi connectivity index (χ3v) is 6.55. The van der Waals surface area contributed by atoms with Crippen LogP contribution in [0.25, 0.3) is 0 Å². The van der Waals surface area contributed by atoms with Crippen molar-refractivity contribution in [2.45, 2.75) is 31.2 Å². The van der Waals surface area contributed by atoms with Gasteiger partial charge in [-0.25, -0.2) is 8.42 Å². The number of nitrogens with one attached hydrogen (secondary N) is 1. The fraction of sp³-hybridized carbons (Fsp3) is 0.429. The van der Waals surface area contributed by atoms with Crippen molar-refractivity contribution < 1.29 is 17.9 Å². The first kappa shape index (κ1) is 20.5. The Bertz CT molecular complexity index is 889. The predicted octanol–water partition coefficient (Wildman–Crippen LogP) is 3.74. The molecule has 28 heavy (non-hydrogen) atoms. The number of nitrogens with zero attached hydrogens (tertiary/aromatic N) is 1. The van der Waals surface area contributed by atoms with Crippen LogP contribution in [0.5, 0.6) is 11.5 Å². The summed E-state index contributed by atoms with van der Waals surface area (Å²) in [6, 6.07) is 12.2. The Kier molecular flexibility index (Phi) is 6.46. The van der Waals surface area contributed by atoms with Gasteiger partial charge in [0.15, 0.2) is 0 Å². The van der Waals surface area contributed by atoms with Crippen molar-refractivity contribution in [1.82, 2.24) is 4.90 Å². The molecule has 2 aromatic rings. The third-order valence-electron chi connectivity index (χ3n) is 5.15. The number of sulfonamides is 1. The molecule has 2 aromatic carbocycles. The minimum atomic E-state index is -3.80. The summed E-state index contributed by atoms with van der Waals surface area (Å²) in [7, 11) is -0.865. The van der Waals surface area contributed by atoms with Crippen molar-refractivity contribution in [3.05, 3.63) is 48.0 Å². The highest BCUT2D eigenvalue weighted by atomic mass is 32.2. The Balaban J connectivity index is 1.71. The molecule has 0 atom stereocenters. The SMILES string of the molecule is COc1ccc(OC)c(S(=O)(=O)Nc2ccc(CN3CCC(C)CC3)cc2)c1. The van der Waals surface area contributed by atoms with E-state index in [-0.39, 0.29) is 10.6 Å². The highest BCUT2D eigenvalue weighted by molar-refractivity contribution is 7.92. The summed E-state index contributed by atoms with van der Waals surface area (Å²) in [5.41, 5.74) is 1.69. The molecule has 7 heteroatoms. The Labute approximate surface area is 167 Å². The molecule has 3 rings (SSSR count). The van der Waals surface area contributed by atoms with Gasteiger partial charge in [-0.3, -0.25) is 9.62 Å². The smallest absolute Gasteiger partial charge is 0.265 e. The van der Waals surface area contributed by atoms with Crippen LogP contribution < -0.4 is 14.2 Å². The van der Waals surface area contributed by atoms with Gasteiger partial charge in [0, 0.05) is 18.3 Å². The normalized spacial score (nSPS) is 16.0. The quantitative estimate of drug-likeness (QED) is 0.761. The molecule has 1 saturated heterocycles. The van der Waals surface area contributed by atoms with E-state index < -0.39 is 10.0 Å². The monoisotopic (exact) mass is 404 g/mol. The second-order valence-corrected chi connectivity index (χ2v) is 8.93. The molecule has 0 aliphatic carbocycles. The van der Waals surface area contributed by atoms with Gasteiger partial charge >= 0.3 is 0 Å². The first-order valence-corrected chi connectivity index (χ1v) is 11.0. The summed E-state index contributed by atoms with van der Waals surface area (Å²) in [5, 5.41) is 0. The second kappa shape index (κ2) is 8.84. The average Bonchev–Trinajstić information content (AvgIpc) is 2.70. The molecule has 0 spiro atoms. The molecule has 0 amide bonds. The zero-order valence-electron chi connectivity index (χ0n) is 16.6. The van der Waals surface area contributed by atoms with Gasteiger partial charge in [-0.15, -0.1) is 0 Å². The number of benzene rings is 2. The van der Waals surface area contributed by atoms with E-state index in [1.165, 1.54) is 38.7 Å². The number of anilines is 1. The summed E-state index contributed by atoms with van der Waals surface area (Å²) < 4.78 is 38.6. The lowest BCUT2D eigenvalue weighted by Crippen LogP contribution is -2.32. The summed E-state index contributed by atoms with van der Waals surface area (Å²) in [5.74, 6) is 1.53. The lowest BCUT2D eigenvalue weighted by molar-refractivity contribution is 0.185. The van der Waals surface area contributed by atoms with E-state index in [1.807, 2.05) is 12.1 Å². The Morgan fingerprint density at radius 3 is 2.32 bits per heavy atom. The van der Waals surface area contributed by atoms with Crippen LogP contribution in [-0.4, -0.2) is 40.6 Å². The topological polar surface area (TPSA) is 67.9 Å². The molecule has 1 fully saturated rings. The lowest BCUT2D eigenvalue weighted by Gasteiger charge is -2.30. The molecule has 0 saturated carbocycles. The number of hydrogen-bond acceptors (Lipinski definition) is 5. The van der Waals surface area contributed by atoms with E-state index in [0.717, 1.165) is 25.6 Å². The van der Waals surface area contributed by atoms with E-state index in [2.05, 4.69) is 16.5 Å². The van der Waals surface area contributed by atoms with Crippen LogP contribution in [0.4, 0.5) is 5.69 Å². The van der Waals surface area contributed by atoms with E-state index in [4.69, 9.17) is 9.47 Å². The van der Waals surface area contributed by atoms with Gasteiger partial charge < -0.3 is 9.47 Å². The highest BCUT2D eigenvalue weighted by Crippen LogP contribution is 2.30.